The van der Waals surface area contributed by atoms with Crippen LogP contribution in [0.5, 0.6) is 0 Å². The first-order valence-corrected chi connectivity index (χ1v) is 24.0. The van der Waals surface area contributed by atoms with E-state index in [9.17, 15) is 9.59 Å². The summed E-state index contributed by atoms with van der Waals surface area (Å²) in [7, 11) is 0. The fraction of sp³-hybridized carbons (Fsp3) is 0.0462. The van der Waals surface area contributed by atoms with E-state index in [2.05, 4.69) is 140 Å². The molecule has 0 saturated carbocycles. The van der Waals surface area contributed by atoms with Gasteiger partial charge in [0.15, 0.2) is 0 Å². The average Bonchev–Trinajstić information content (AvgIpc) is 3.91. The highest BCUT2D eigenvalue weighted by molar-refractivity contribution is 6.09. The molecule has 0 N–H and O–H groups in total. The standard InChI is InChI=1S/C65H45N3O3/c1-65(2)58-22-11-9-18-53(58)56-41-51(37-38-59(56)65)66(49-35-28-45(29-36-49)52-20-13-21-55-54-19-10-12-23-61(54)71-62(52)55)48-31-26-44(27-32-48)46-30-39-60-57(40-46)63(69)68(64(70)67(60)47-16-7-4-8-17-47)50-33-24-43(25-34-50)42-14-5-3-6-15-42/h3-41H,1-2H3. The zero-order valence-corrected chi connectivity index (χ0v) is 39.1. The first-order chi connectivity index (χ1) is 34.8. The molecule has 0 saturated heterocycles. The Morgan fingerprint density at radius 3 is 1.70 bits per heavy atom. The van der Waals surface area contributed by atoms with E-state index < -0.39 is 5.69 Å². The van der Waals surface area contributed by atoms with Gasteiger partial charge in [0.05, 0.1) is 22.3 Å². The Kier molecular flexibility index (Phi) is 9.71. The summed E-state index contributed by atoms with van der Waals surface area (Å²) >= 11 is 0. The van der Waals surface area contributed by atoms with Crippen molar-refractivity contribution in [2.45, 2.75) is 19.3 Å². The summed E-state index contributed by atoms with van der Waals surface area (Å²) in [6.45, 7) is 4.61. The highest BCUT2D eigenvalue weighted by Crippen LogP contribution is 2.51. The Balaban J connectivity index is 0.917. The number of benzene rings is 10. The van der Waals surface area contributed by atoms with Crippen LogP contribution in [0.3, 0.4) is 0 Å². The summed E-state index contributed by atoms with van der Waals surface area (Å²) in [6, 6.07) is 80.3. The summed E-state index contributed by atoms with van der Waals surface area (Å²) in [6.07, 6.45) is 0. The minimum absolute atomic E-state index is 0.123. The number of aromatic nitrogens is 2. The Morgan fingerprint density at radius 2 is 0.944 bits per heavy atom. The van der Waals surface area contributed by atoms with Crippen molar-refractivity contribution < 1.29 is 4.42 Å². The predicted molar refractivity (Wildman–Crippen MR) is 291 cm³/mol. The van der Waals surface area contributed by atoms with Gasteiger partial charge in [-0.15, -0.1) is 0 Å². The maximum atomic E-state index is 14.7. The van der Waals surface area contributed by atoms with Crippen LogP contribution in [0.2, 0.25) is 0 Å². The molecule has 0 amide bonds. The number of anilines is 3. The second-order valence-corrected chi connectivity index (χ2v) is 18.8. The third-order valence-electron chi connectivity index (χ3n) is 14.4. The second-order valence-electron chi connectivity index (χ2n) is 18.8. The highest BCUT2D eigenvalue weighted by Gasteiger charge is 2.35. The molecule has 71 heavy (non-hydrogen) atoms. The molecule has 0 fully saturated rings. The smallest absolute Gasteiger partial charge is 0.340 e. The van der Waals surface area contributed by atoms with E-state index in [1.807, 2.05) is 115 Å². The fourth-order valence-corrected chi connectivity index (χ4v) is 10.8. The molecule has 10 aromatic carbocycles. The van der Waals surface area contributed by atoms with E-state index >= 15 is 0 Å². The largest absolute Gasteiger partial charge is 0.455 e. The molecule has 1 aliphatic carbocycles. The van der Waals surface area contributed by atoms with Crippen LogP contribution < -0.4 is 16.1 Å². The molecule has 0 atom stereocenters. The van der Waals surface area contributed by atoms with Gasteiger partial charge in [-0.2, -0.15) is 0 Å². The van der Waals surface area contributed by atoms with Crippen LogP contribution in [-0.2, 0) is 5.41 Å². The molecule has 0 aliphatic heterocycles. The van der Waals surface area contributed by atoms with Crippen LogP contribution >= 0.6 is 0 Å². The van der Waals surface area contributed by atoms with Gasteiger partial charge in [0.25, 0.3) is 5.56 Å². The van der Waals surface area contributed by atoms with Crippen LogP contribution in [0.4, 0.5) is 17.1 Å². The molecule has 2 heterocycles. The van der Waals surface area contributed by atoms with Crippen molar-refractivity contribution in [3.05, 3.63) is 269 Å². The van der Waals surface area contributed by atoms with Crippen LogP contribution in [0.25, 0.3) is 88.7 Å². The van der Waals surface area contributed by atoms with E-state index in [0.717, 1.165) is 72.4 Å². The van der Waals surface area contributed by atoms with E-state index in [1.54, 1.807) is 4.57 Å². The molecule has 6 heteroatoms. The predicted octanol–water partition coefficient (Wildman–Crippen LogP) is 15.8. The summed E-state index contributed by atoms with van der Waals surface area (Å²) in [5, 5.41) is 2.64. The lowest BCUT2D eigenvalue weighted by Crippen LogP contribution is -2.38. The van der Waals surface area contributed by atoms with Crippen molar-refractivity contribution in [2.75, 3.05) is 4.90 Å². The third kappa shape index (κ3) is 6.86. The quantitative estimate of drug-likeness (QED) is 0.152. The number of furan rings is 1. The van der Waals surface area contributed by atoms with E-state index in [-0.39, 0.29) is 11.0 Å². The maximum Gasteiger partial charge on any atom is 0.340 e. The summed E-state index contributed by atoms with van der Waals surface area (Å²) in [5.74, 6) is 0. The Labute approximate surface area is 410 Å². The molecule has 12 aromatic rings. The van der Waals surface area contributed by atoms with Crippen molar-refractivity contribution >= 4 is 49.9 Å². The maximum absolute atomic E-state index is 14.7. The number of fused-ring (bicyclic) bond motifs is 7. The van der Waals surface area contributed by atoms with Crippen molar-refractivity contribution in [1.29, 1.82) is 0 Å². The van der Waals surface area contributed by atoms with Crippen LogP contribution in [0.1, 0.15) is 25.0 Å². The molecule has 1 aliphatic rings. The van der Waals surface area contributed by atoms with Crippen molar-refractivity contribution in [1.82, 2.24) is 9.13 Å². The van der Waals surface area contributed by atoms with Crippen LogP contribution in [0.15, 0.2) is 251 Å². The number of para-hydroxylation sites is 3. The first-order valence-electron chi connectivity index (χ1n) is 24.0. The normalized spacial score (nSPS) is 12.6. The van der Waals surface area contributed by atoms with E-state index in [1.165, 1.54) is 26.8 Å². The average molecular weight is 916 g/mol. The molecule has 0 unspecified atom stereocenters. The summed E-state index contributed by atoms with van der Waals surface area (Å²) < 4.78 is 9.37. The Bertz CT molecular complexity index is 4150. The molecular formula is C65H45N3O3. The molecule has 338 valence electrons. The summed E-state index contributed by atoms with van der Waals surface area (Å²) in [5.41, 5.74) is 16.6. The minimum Gasteiger partial charge on any atom is -0.455 e. The van der Waals surface area contributed by atoms with Gasteiger partial charge in [0.1, 0.15) is 11.2 Å². The highest BCUT2D eigenvalue weighted by atomic mass is 16.3. The Morgan fingerprint density at radius 1 is 0.394 bits per heavy atom. The zero-order chi connectivity index (χ0) is 47.8. The summed E-state index contributed by atoms with van der Waals surface area (Å²) in [4.78, 5) is 31.5. The van der Waals surface area contributed by atoms with Crippen molar-refractivity contribution in [3.63, 3.8) is 0 Å². The van der Waals surface area contributed by atoms with E-state index in [0.29, 0.717) is 22.3 Å². The fourth-order valence-electron chi connectivity index (χ4n) is 10.8. The lowest BCUT2D eigenvalue weighted by Gasteiger charge is -2.27. The van der Waals surface area contributed by atoms with Crippen LogP contribution in [-0.4, -0.2) is 9.13 Å². The Hall–Kier alpha value is -9.26. The van der Waals surface area contributed by atoms with Crippen LogP contribution in [0, 0.1) is 0 Å². The monoisotopic (exact) mass is 915 g/mol. The number of hydrogen-bond donors (Lipinski definition) is 0. The number of hydrogen-bond acceptors (Lipinski definition) is 4. The van der Waals surface area contributed by atoms with Crippen molar-refractivity contribution in [2.24, 2.45) is 0 Å². The number of rotatable bonds is 8. The minimum atomic E-state index is -0.434. The molecule has 0 radical (unpaired) electrons. The first kappa shape index (κ1) is 41.9. The molecule has 2 aromatic heterocycles. The van der Waals surface area contributed by atoms with Gasteiger partial charge in [0.2, 0.25) is 0 Å². The van der Waals surface area contributed by atoms with Gasteiger partial charge in [-0.1, -0.05) is 172 Å². The van der Waals surface area contributed by atoms with Gasteiger partial charge >= 0.3 is 5.69 Å². The zero-order valence-electron chi connectivity index (χ0n) is 39.1. The number of nitrogens with zero attached hydrogens (tertiary/aromatic N) is 3. The third-order valence-corrected chi connectivity index (χ3v) is 14.4. The lowest BCUT2D eigenvalue weighted by molar-refractivity contribution is 0.660. The molecule has 13 rings (SSSR count). The van der Waals surface area contributed by atoms with Gasteiger partial charge in [-0.25, -0.2) is 9.36 Å². The molecule has 0 spiro atoms. The molecular weight excluding hydrogens is 871 g/mol. The van der Waals surface area contributed by atoms with Gasteiger partial charge in [0, 0.05) is 38.8 Å². The molecule has 6 nitrogen and oxygen atoms in total. The topological polar surface area (TPSA) is 60.4 Å². The van der Waals surface area contributed by atoms with Crippen molar-refractivity contribution in [3.8, 4) is 55.9 Å². The van der Waals surface area contributed by atoms with E-state index in [4.69, 9.17) is 4.42 Å². The van der Waals surface area contributed by atoms with Gasteiger partial charge in [-0.3, -0.25) is 9.36 Å². The van der Waals surface area contributed by atoms with Gasteiger partial charge in [-0.05, 0) is 129 Å². The second kappa shape index (κ2) is 16.5. The molecule has 0 bridgehead atoms. The van der Waals surface area contributed by atoms with Gasteiger partial charge < -0.3 is 9.32 Å². The SMILES string of the molecule is CC1(C)c2ccccc2-c2cc(N(c3ccc(-c4ccc5c(c4)c(=O)n(-c4ccc(-c6ccccc6)cc4)c(=O)n5-c4ccccc4)cc3)c3ccc(-c4cccc5c4oc4ccccc45)cc3)ccc21. The lowest BCUT2D eigenvalue weighted by atomic mass is 9.82.